The van der Waals surface area contributed by atoms with Crippen LogP contribution in [0.5, 0.6) is 0 Å². The van der Waals surface area contributed by atoms with Gasteiger partial charge >= 0.3 is 0 Å². The van der Waals surface area contributed by atoms with E-state index >= 15 is 0 Å². The van der Waals surface area contributed by atoms with Crippen LogP contribution < -0.4 is 0 Å². The van der Waals surface area contributed by atoms with Crippen LogP contribution in [0, 0.1) is 6.92 Å². The van der Waals surface area contributed by atoms with Crippen LogP contribution in [0.25, 0.3) is 0 Å². The van der Waals surface area contributed by atoms with E-state index in [4.69, 9.17) is 0 Å². The zero-order valence-corrected chi connectivity index (χ0v) is 8.54. The van der Waals surface area contributed by atoms with Gasteiger partial charge in [-0.3, -0.25) is 0 Å². The van der Waals surface area contributed by atoms with Gasteiger partial charge in [-0.2, -0.15) is 0 Å². The highest BCUT2D eigenvalue weighted by Gasteiger charge is 2.31. The van der Waals surface area contributed by atoms with Gasteiger partial charge in [-0.15, -0.1) is 0 Å². The lowest BCUT2D eigenvalue weighted by molar-refractivity contribution is 0.391. The Kier molecular flexibility index (Phi) is 2.32. The SMILES string of the molecule is CCS(=O)(O)(O)c1ccccc1C. The molecular weight excluding hydrogens is 188 g/mol. The molecular formula is C9H14O3S. The Bertz CT molecular complexity index is 378. The smallest absolute Gasteiger partial charge is 0.109 e. The molecule has 1 aromatic carbocycles. The maximum atomic E-state index is 11.7. The van der Waals surface area contributed by atoms with Gasteiger partial charge in [0.05, 0.1) is 4.90 Å². The third kappa shape index (κ3) is 1.96. The van der Waals surface area contributed by atoms with Gasteiger partial charge in [-0.25, -0.2) is 4.21 Å². The Hall–Kier alpha value is -0.710. The highest BCUT2D eigenvalue weighted by molar-refractivity contribution is 8.10. The van der Waals surface area contributed by atoms with Gasteiger partial charge in [0.1, 0.15) is 9.63 Å². The molecule has 1 rings (SSSR count). The van der Waals surface area contributed by atoms with Crippen molar-refractivity contribution in [1.82, 2.24) is 0 Å². The molecule has 74 valence electrons. The van der Waals surface area contributed by atoms with E-state index in [1.54, 1.807) is 25.1 Å². The van der Waals surface area contributed by atoms with Gasteiger partial charge in [-0.1, -0.05) is 25.1 Å². The van der Waals surface area contributed by atoms with Crippen molar-refractivity contribution in [1.29, 1.82) is 0 Å². The molecule has 13 heavy (non-hydrogen) atoms. The Morgan fingerprint density at radius 1 is 1.31 bits per heavy atom. The van der Waals surface area contributed by atoms with Crippen molar-refractivity contribution in [2.45, 2.75) is 18.7 Å². The van der Waals surface area contributed by atoms with Crippen molar-refractivity contribution < 1.29 is 13.3 Å². The van der Waals surface area contributed by atoms with Crippen LogP contribution in [0.1, 0.15) is 12.5 Å². The van der Waals surface area contributed by atoms with E-state index in [1.807, 2.05) is 0 Å². The molecule has 0 aromatic heterocycles. The van der Waals surface area contributed by atoms with Gasteiger partial charge < -0.3 is 9.11 Å². The third-order valence-electron chi connectivity index (χ3n) is 2.06. The molecule has 0 fully saturated rings. The summed E-state index contributed by atoms with van der Waals surface area (Å²) in [6.45, 7) is 3.19. The summed E-state index contributed by atoms with van der Waals surface area (Å²) in [7, 11) is -4.57. The molecule has 0 saturated heterocycles. The minimum Gasteiger partial charge on any atom is -0.304 e. The predicted octanol–water partition coefficient (Wildman–Crippen LogP) is 2.14. The fraction of sp³-hybridized carbons (Fsp3) is 0.333. The Labute approximate surface area is 77.8 Å². The molecule has 0 aliphatic rings. The van der Waals surface area contributed by atoms with Crippen molar-refractivity contribution in [2.24, 2.45) is 0 Å². The summed E-state index contributed by atoms with van der Waals surface area (Å²) in [6.07, 6.45) is 0. The molecule has 0 aliphatic carbocycles. The van der Waals surface area contributed by atoms with Crippen LogP contribution in [0.2, 0.25) is 0 Å². The number of rotatable bonds is 2. The summed E-state index contributed by atoms with van der Waals surface area (Å²) in [5.41, 5.74) is 0.631. The van der Waals surface area contributed by atoms with Crippen LogP contribution >= 0.6 is 0 Å². The van der Waals surface area contributed by atoms with E-state index < -0.39 is 9.63 Å². The number of aryl methyl sites for hydroxylation is 1. The van der Waals surface area contributed by atoms with Gasteiger partial charge in [-0.05, 0) is 18.6 Å². The first-order valence-corrected chi connectivity index (χ1v) is 6.11. The van der Waals surface area contributed by atoms with Gasteiger partial charge in [0, 0.05) is 5.75 Å². The fourth-order valence-corrected chi connectivity index (χ4v) is 2.55. The van der Waals surface area contributed by atoms with Gasteiger partial charge in [0.2, 0.25) is 0 Å². The molecule has 0 radical (unpaired) electrons. The quantitative estimate of drug-likeness (QED) is 0.772. The maximum absolute atomic E-state index is 11.7. The number of benzene rings is 1. The van der Waals surface area contributed by atoms with Crippen molar-refractivity contribution in [3.8, 4) is 0 Å². The van der Waals surface area contributed by atoms with E-state index in [0.717, 1.165) is 0 Å². The molecule has 0 spiro atoms. The van der Waals surface area contributed by atoms with Gasteiger partial charge in [0.25, 0.3) is 0 Å². The molecule has 4 heteroatoms. The fourth-order valence-electron chi connectivity index (χ4n) is 1.17. The second-order valence-corrected chi connectivity index (χ2v) is 6.12. The van der Waals surface area contributed by atoms with Crippen LogP contribution in [0.4, 0.5) is 0 Å². The summed E-state index contributed by atoms with van der Waals surface area (Å²) in [5.74, 6) is -0.179. The zero-order valence-electron chi connectivity index (χ0n) is 7.73. The molecule has 0 amide bonds. The molecule has 0 aliphatic heterocycles. The monoisotopic (exact) mass is 202 g/mol. The minimum atomic E-state index is -4.57. The van der Waals surface area contributed by atoms with Crippen LogP contribution in [0.15, 0.2) is 29.2 Å². The molecule has 2 N–H and O–H groups in total. The summed E-state index contributed by atoms with van der Waals surface area (Å²) in [4.78, 5) is 0.127. The van der Waals surface area contributed by atoms with Crippen molar-refractivity contribution in [2.75, 3.05) is 5.75 Å². The summed E-state index contributed by atoms with van der Waals surface area (Å²) < 4.78 is 30.8. The summed E-state index contributed by atoms with van der Waals surface area (Å²) in [6, 6.07) is 6.58. The molecule has 0 bridgehead atoms. The lowest BCUT2D eigenvalue weighted by Gasteiger charge is -2.30. The molecule has 0 unspecified atom stereocenters. The maximum Gasteiger partial charge on any atom is 0.109 e. The van der Waals surface area contributed by atoms with E-state index in [9.17, 15) is 13.3 Å². The molecule has 3 nitrogen and oxygen atoms in total. The minimum absolute atomic E-state index is 0.127. The average molecular weight is 202 g/mol. The first-order valence-electron chi connectivity index (χ1n) is 4.06. The molecule has 1 aromatic rings. The normalized spacial score (nSPS) is 14.9. The van der Waals surface area contributed by atoms with Crippen molar-refractivity contribution in [3.63, 3.8) is 0 Å². The Morgan fingerprint density at radius 3 is 2.31 bits per heavy atom. The second-order valence-electron chi connectivity index (χ2n) is 3.07. The first-order chi connectivity index (χ1) is 5.85. The van der Waals surface area contributed by atoms with Crippen molar-refractivity contribution in [3.05, 3.63) is 29.8 Å². The zero-order chi connectivity index (χ0) is 10.1. The second kappa shape index (κ2) is 2.90. The van der Waals surface area contributed by atoms with E-state index in [1.165, 1.54) is 13.0 Å². The third-order valence-corrected chi connectivity index (χ3v) is 4.44. The highest BCUT2D eigenvalue weighted by Crippen LogP contribution is 2.30. The van der Waals surface area contributed by atoms with Crippen LogP contribution in [0.3, 0.4) is 0 Å². The lowest BCUT2D eigenvalue weighted by atomic mass is 10.2. The largest absolute Gasteiger partial charge is 0.304 e. The molecule has 0 atom stereocenters. The lowest BCUT2D eigenvalue weighted by Crippen LogP contribution is -2.34. The number of hydrogen-bond acceptors (Lipinski definition) is 1. The standard InChI is InChI=1S/C9H14O3S/c1-3-13(10,11,12)9-7-5-4-6-8(9)2/h4-7H,3H2,1-2H3,(H2,10,11,12). The van der Waals surface area contributed by atoms with Crippen LogP contribution in [-0.2, 0) is 9.63 Å². The Balaban J connectivity index is 3.40. The van der Waals surface area contributed by atoms with E-state index in [2.05, 4.69) is 0 Å². The Morgan fingerprint density at radius 2 is 1.85 bits per heavy atom. The summed E-state index contributed by atoms with van der Waals surface area (Å²) >= 11 is 0. The predicted molar refractivity (Wildman–Crippen MR) is 53.4 cm³/mol. The highest BCUT2D eigenvalue weighted by atomic mass is 32.3. The van der Waals surface area contributed by atoms with Crippen LogP contribution in [-0.4, -0.2) is 19.1 Å². The molecule has 0 heterocycles. The first kappa shape index (κ1) is 10.4. The number of hydrogen-bond donors (Lipinski definition) is 2. The van der Waals surface area contributed by atoms with Gasteiger partial charge in [0.15, 0.2) is 0 Å². The average Bonchev–Trinajstić information content (AvgIpc) is 2.04. The van der Waals surface area contributed by atoms with E-state index in [-0.39, 0.29) is 10.6 Å². The molecule has 0 saturated carbocycles. The van der Waals surface area contributed by atoms with Crippen molar-refractivity contribution >= 4 is 9.63 Å². The topological polar surface area (TPSA) is 57.5 Å². The van der Waals surface area contributed by atoms with E-state index in [0.29, 0.717) is 5.56 Å². The summed E-state index contributed by atoms with van der Waals surface area (Å²) in [5, 5.41) is 0.